The van der Waals surface area contributed by atoms with E-state index in [0.29, 0.717) is 11.5 Å². The van der Waals surface area contributed by atoms with E-state index in [2.05, 4.69) is 47.1 Å². The number of fused-ring (bicyclic) bond motifs is 1. The summed E-state index contributed by atoms with van der Waals surface area (Å²) in [6.07, 6.45) is 6.93. The molecule has 0 radical (unpaired) electrons. The van der Waals surface area contributed by atoms with E-state index in [1.165, 1.54) is 28.2 Å². The molecule has 0 N–H and O–H groups in total. The molecule has 0 bridgehead atoms. The third-order valence-corrected chi connectivity index (χ3v) is 5.75. The maximum absolute atomic E-state index is 12.9. The zero-order valence-electron chi connectivity index (χ0n) is 14.5. The Morgan fingerprint density at radius 2 is 2.08 bits per heavy atom. The molecule has 4 nitrogen and oxygen atoms in total. The molecule has 3 heterocycles. The molecule has 1 aliphatic heterocycles. The summed E-state index contributed by atoms with van der Waals surface area (Å²) in [4.78, 5) is 19.2. The lowest BCUT2D eigenvalue weighted by molar-refractivity contribution is 0.0786. The molecule has 25 heavy (non-hydrogen) atoms. The number of carbonyl (C=O) groups is 1. The predicted molar refractivity (Wildman–Crippen MR) is 102 cm³/mol. The van der Waals surface area contributed by atoms with Crippen molar-refractivity contribution in [1.82, 2.24) is 14.5 Å². The highest BCUT2D eigenvalue weighted by atomic mass is 32.2. The van der Waals surface area contributed by atoms with Crippen LogP contribution in [-0.4, -0.2) is 39.7 Å². The number of hydrogen-bond donors (Lipinski definition) is 0. The lowest BCUT2D eigenvalue weighted by Gasteiger charge is -2.17. The van der Waals surface area contributed by atoms with Gasteiger partial charge in [-0.15, -0.1) is 11.8 Å². The quantitative estimate of drug-likeness (QED) is 0.671. The van der Waals surface area contributed by atoms with Crippen molar-refractivity contribution >= 4 is 28.6 Å². The van der Waals surface area contributed by atoms with Crippen molar-refractivity contribution in [1.29, 1.82) is 0 Å². The Balaban J connectivity index is 1.60. The third-order valence-electron chi connectivity index (χ3n) is 5.04. The van der Waals surface area contributed by atoms with Gasteiger partial charge in [0.05, 0.1) is 5.56 Å². The number of hydrogen-bond acceptors (Lipinski definition) is 3. The monoisotopic (exact) mass is 351 g/mol. The highest BCUT2D eigenvalue weighted by Gasteiger charge is 2.30. The summed E-state index contributed by atoms with van der Waals surface area (Å²) < 4.78 is 2.18. The van der Waals surface area contributed by atoms with E-state index in [0.717, 1.165) is 24.5 Å². The summed E-state index contributed by atoms with van der Waals surface area (Å²) in [5.74, 6) is 0.490. The van der Waals surface area contributed by atoms with Gasteiger partial charge in [0.1, 0.15) is 5.03 Å². The Morgan fingerprint density at radius 1 is 1.24 bits per heavy atom. The van der Waals surface area contributed by atoms with Gasteiger partial charge in [-0.1, -0.05) is 18.2 Å². The second kappa shape index (κ2) is 6.56. The number of aromatic nitrogens is 2. The van der Waals surface area contributed by atoms with Gasteiger partial charge >= 0.3 is 0 Å². The smallest absolute Gasteiger partial charge is 0.256 e. The van der Waals surface area contributed by atoms with E-state index < -0.39 is 0 Å². The number of carbonyl (C=O) groups excluding carboxylic acids is 1. The van der Waals surface area contributed by atoms with E-state index >= 15 is 0 Å². The zero-order valence-corrected chi connectivity index (χ0v) is 15.3. The minimum Gasteiger partial charge on any atom is -0.350 e. The van der Waals surface area contributed by atoms with Gasteiger partial charge in [-0.2, -0.15) is 0 Å². The SMILES string of the molecule is CSc1ncccc1C(=O)N1CCC(c2cn(C)c3ccccc23)C1. The molecule has 1 aliphatic rings. The van der Waals surface area contributed by atoms with Crippen molar-refractivity contribution in [3.8, 4) is 0 Å². The van der Waals surface area contributed by atoms with Crippen LogP contribution in [0.25, 0.3) is 10.9 Å². The van der Waals surface area contributed by atoms with Crippen LogP contribution < -0.4 is 0 Å². The summed E-state index contributed by atoms with van der Waals surface area (Å²) in [5, 5.41) is 2.11. The van der Waals surface area contributed by atoms with Crippen LogP contribution in [0.2, 0.25) is 0 Å². The van der Waals surface area contributed by atoms with Crippen molar-refractivity contribution in [3.63, 3.8) is 0 Å². The molecule has 1 amide bonds. The maximum Gasteiger partial charge on any atom is 0.256 e. The summed E-state index contributed by atoms with van der Waals surface area (Å²) in [6, 6.07) is 12.2. The number of thioether (sulfide) groups is 1. The molecule has 0 saturated carbocycles. The van der Waals surface area contributed by atoms with Crippen molar-refractivity contribution in [2.75, 3.05) is 19.3 Å². The van der Waals surface area contributed by atoms with Gasteiger partial charge in [0.2, 0.25) is 0 Å². The number of benzene rings is 1. The van der Waals surface area contributed by atoms with Gasteiger partial charge in [-0.05, 0) is 36.4 Å². The standard InChI is InChI=1S/C20H21N3OS/c1-22-13-17(15-6-3-4-8-18(15)22)14-9-11-23(12-14)20(24)16-7-5-10-21-19(16)25-2/h3-8,10,13-14H,9,11-12H2,1-2H3. The molecule has 1 atom stereocenters. The molecule has 3 aromatic rings. The normalized spacial score (nSPS) is 17.4. The van der Waals surface area contributed by atoms with Gasteiger partial charge in [0.25, 0.3) is 5.91 Å². The van der Waals surface area contributed by atoms with Crippen molar-refractivity contribution in [2.24, 2.45) is 7.05 Å². The van der Waals surface area contributed by atoms with Crippen LogP contribution in [0.4, 0.5) is 0 Å². The largest absolute Gasteiger partial charge is 0.350 e. The molecule has 2 aromatic heterocycles. The molecule has 128 valence electrons. The Hall–Kier alpha value is -2.27. The first-order chi connectivity index (χ1) is 12.2. The molecule has 5 heteroatoms. The minimum absolute atomic E-state index is 0.0974. The Kier molecular flexibility index (Phi) is 4.25. The van der Waals surface area contributed by atoms with Gasteiger partial charge in [-0.3, -0.25) is 4.79 Å². The van der Waals surface area contributed by atoms with Gasteiger partial charge in [-0.25, -0.2) is 4.98 Å². The summed E-state index contributed by atoms with van der Waals surface area (Å²) in [7, 11) is 2.09. The minimum atomic E-state index is 0.0974. The number of rotatable bonds is 3. The van der Waals surface area contributed by atoms with Crippen LogP contribution in [0.15, 0.2) is 53.8 Å². The van der Waals surface area contributed by atoms with Crippen LogP contribution in [0.5, 0.6) is 0 Å². The second-order valence-electron chi connectivity index (χ2n) is 6.51. The van der Waals surface area contributed by atoms with Crippen LogP contribution in [0.1, 0.15) is 28.3 Å². The Bertz CT molecular complexity index is 934. The van der Waals surface area contributed by atoms with E-state index in [1.54, 1.807) is 6.20 Å². The molecule has 1 unspecified atom stereocenters. The molecule has 4 rings (SSSR count). The lowest BCUT2D eigenvalue weighted by Crippen LogP contribution is -2.29. The van der Waals surface area contributed by atoms with E-state index in [9.17, 15) is 4.79 Å². The van der Waals surface area contributed by atoms with E-state index in [1.807, 2.05) is 23.3 Å². The number of aryl methyl sites for hydroxylation is 1. The lowest BCUT2D eigenvalue weighted by atomic mass is 9.98. The molecular weight excluding hydrogens is 330 g/mol. The molecule has 1 fully saturated rings. The van der Waals surface area contributed by atoms with Gasteiger partial charge in [0, 0.05) is 49.4 Å². The average molecular weight is 351 g/mol. The van der Waals surface area contributed by atoms with Crippen molar-refractivity contribution in [3.05, 3.63) is 59.9 Å². The Labute approximate surface area is 151 Å². The van der Waals surface area contributed by atoms with Crippen LogP contribution >= 0.6 is 11.8 Å². The predicted octanol–water partition coefficient (Wildman–Crippen LogP) is 3.92. The number of likely N-dealkylation sites (tertiary alicyclic amines) is 1. The third kappa shape index (κ3) is 2.82. The van der Waals surface area contributed by atoms with Crippen LogP contribution in [-0.2, 0) is 7.05 Å². The fourth-order valence-corrected chi connectivity index (χ4v) is 4.33. The summed E-state index contributed by atoms with van der Waals surface area (Å²) in [5.41, 5.74) is 3.32. The van der Waals surface area contributed by atoms with Gasteiger partial charge < -0.3 is 9.47 Å². The van der Waals surface area contributed by atoms with E-state index in [4.69, 9.17) is 0 Å². The fraction of sp³-hybridized carbons (Fsp3) is 0.300. The number of para-hydroxylation sites is 1. The maximum atomic E-state index is 12.9. The van der Waals surface area contributed by atoms with E-state index in [-0.39, 0.29) is 5.91 Å². The number of amides is 1. The van der Waals surface area contributed by atoms with Gasteiger partial charge in [0.15, 0.2) is 0 Å². The molecule has 1 saturated heterocycles. The first-order valence-electron chi connectivity index (χ1n) is 8.51. The number of pyridine rings is 1. The van der Waals surface area contributed by atoms with Crippen molar-refractivity contribution in [2.45, 2.75) is 17.4 Å². The zero-order chi connectivity index (χ0) is 17.4. The fourth-order valence-electron chi connectivity index (χ4n) is 3.78. The average Bonchev–Trinajstić information content (AvgIpc) is 3.26. The molecular formula is C20H21N3OS. The molecule has 0 aliphatic carbocycles. The molecule has 1 aromatic carbocycles. The first kappa shape index (κ1) is 16.2. The van der Waals surface area contributed by atoms with Crippen molar-refractivity contribution < 1.29 is 4.79 Å². The second-order valence-corrected chi connectivity index (χ2v) is 7.30. The van der Waals surface area contributed by atoms with Crippen LogP contribution in [0, 0.1) is 0 Å². The Morgan fingerprint density at radius 3 is 2.92 bits per heavy atom. The number of nitrogens with zero attached hydrogens (tertiary/aromatic N) is 3. The first-order valence-corrected chi connectivity index (χ1v) is 9.73. The topological polar surface area (TPSA) is 38.1 Å². The molecule has 0 spiro atoms. The van der Waals surface area contributed by atoms with Crippen LogP contribution in [0.3, 0.4) is 0 Å². The summed E-state index contributed by atoms with van der Waals surface area (Å²) in [6.45, 7) is 1.57. The highest BCUT2D eigenvalue weighted by molar-refractivity contribution is 7.98. The highest BCUT2D eigenvalue weighted by Crippen LogP contribution is 2.34. The summed E-state index contributed by atoms with van der Waals surface area (Å²) >= 11 is 1.52.